The summed E-state index contributed by atoms with van der Waals surface area (Å²) in [7, 11) is -3.17. The topological polar surface area (TPSA) is 70.6 Å². The van der Waals surface area contributed by atoms with E-state index in [9.17, 15) is 13.2 Å². The monoisotopic (exact) mass is 417 g/mol. The van der Waals surface area contributed by atoms with Gasteiger partial charge in [-0.1, -0.05) is 12.1 Å². The number of anilines is 1. The maximum Gasteiger partial charge on any atom is 0.246 e. The number of amides is 1. The van der Waals surface area contributed by atoms with E-state index in [1.54, 1.807) is 35.6 Å². The van der Waals surface area contributed by atoms with E-state index in [2.05, 4.69) is 4.98 Å². The second kappa shape index (κ2) is 8.05. The van der Waals surface area contributed by atoms with Gasteiger partial charge in [0.05, 0.1) is 16.4 Å². The molecule has 148 valence electrons. The minimum absolute atomic E-state index is 0.00690. The molecule has 2 saturated heterocycles. The van der Waals surface area contributed by atoms with Crippen LogP contribution in [0.4, 0.5) is 5.69 Å². The normalized spacial score (nSPS) is 22.1. The maximum atomic E-state index is 12.6. The van der Waals surface area contributed by atoms with Gasteiger partial charge in [-0.15, -0.1) is 11.3 Å². The number of sulfonamides is 1. The third-order valence-corrected chi connectivity index (χ3v) is 8.04. The number of hydrogen-bond acceptors (Lipinski definition) is 5. The molecule has 1 amide bonds. The molecule has 1 aromatic carbocycles. The van der Waals surface area contributed by atoms with E-state index in [0.29, 0.717) is 31.1 Å². The first-order chi connectivity index (χ1) is 13.5. The van der Waals surface area contributed by atoms with Crippen LogP contribution < -0.4 is 4.31 Å². The Morgan fingerprint density at radius 3 is 2.68 bits per heavy atom. The Morgan fingerprint density at radius 2 is 2.00 bits per heavy atom. The van der Waals surface area contributed by atoms with Crippen molar-refractivity contribution in [3.05, 3.63) is 52.5 Å². The number of likely N-dealkylation sites (tertiary alicyclic amines) is 1. The molecule has 2 fully saturated rings. The number of thiazole rings is 1. The number of piperidine rings is 1. The average Bonchev–Trinajstić information content (AvgIpc) is 3.36. The molecule has 0 saturated carbocycles. The summed E-state index contributed by atoms with van der Waals surface area (Å²) in [6.45, 7) is 2.02. The Hall–Kier alpha value is -2.19. The van der Waals surface area contributed by atoms with E-state index in [1.807, 2.05) is 28.6 Å². The molecule has 3 heterocycles. The standard InChI is InChI=1S/C20H23N3O3S2/c24-19(22-11-1-3-17(15-22)20-21-10-13-27-20)9-6-16-4-7-18(8-5-16)23-12-2-14-28(23,25)26/h4-10,13,17H,1-3,11-12,14-15H2/b9-6+. The second-order valence-corrected chi connectivity index (χ2v) is 10.1. The molecule has 1 atom stereocenters. The Morgan fingerprint density at radius 1 is 1.18 bits per heavy atom. The summed E-state index contributed by atoms with van der Waals surface area (Å²) in [6, 6.07) is 7.29. The molecule has 6 nitrogen and oxygen atoms in total. The van der Waals surface area contributed by atoms with Crippen LogP contribution in [0.5, 0.6) is 0 Å². The van der Waals surface area contributed by atoms with Crippen LogP contribution in [0, 0.1) is 0 Å². The fourth-order valence-electron chi connectivity index (χ4n) is 3.77. The summed E-state index contributed by atoms with van der Waals surface area (Å²) >= 11 is 1.65. The first-order valence-corrected chi connectivity index (χ1v) is 12.0. The number of aromatic nitrogens is 1. The lowest BCUT2D eigenvalue weighted by Gasteiger charge is -2.31. The summed E-state index contributed by atoms with van der Waals surface area (Å²) < 4.78 is 25.5. The van der Waals surface area contributed by atoms with Crippen molar-refractivity contribution in [1.82, 2.24) is 9.88 Å². The smallest absolute Gasteiger partial charge is 0.246 e. The first-order valence-electron chi connectivity index (χ1n) is 9.50. The third kappa shape index (κ3) is 4.12. The number of carbonyl (C=O) groups is 1. The van der Waals surface area contributed by atoms with E-state index in [0.717, 1.165) is 30.0 Å². The maximum absolute atomic E-state index is 12.6. The molecule has 0 spiro atoms. The Labute approximate surface area is 169 Å². The number of hydrogen-bond donors (Lipinski definition) is 0. The predicted molar refractivity (Wildman–Crippen MR) is 112 cm³/mol. The van der Waals surface area contributed by atoms with E-state index < -0.39 is 10.0 Å². The van der Waals surface area contributed by atoms with Crippen molar-refractivity contribution in [3.8, 4) is 0 Å². The van der Waals surface area contributed by atoms with E-state index >= 15 is 0 Å². The molecule has 8 heteroatoms. The van der Waals surface area contributed by atoms with Crippen LogP contribution in [0.1, 0.15) is 35.8 Å². The number of carbonyl (C=O) groups excluding carboxylic acids is 1. The number of nitrogens with zero attached hydrogens (tertiary/aromatic N) is 3. The van der Waals surface area contributed by atoms with Crippen LogP contribution in [0.15, 0.2) is 41.9 Å². The summed E-state index contributed by atoms with van der Waals surface area (Å²) in [5.41, 5.74) is 1.56. The summed E-state index contributed by atoms with van der Waals surface area (Å²) in [6.07, 6.45) is 7.93. The van der Waals surface area contributed by atoms with Crippen molar-refractivity contribution in [1.29, 1.82) is 0 Å². The molecule has 0 radical (unpaired) electrons. The van der Waals surface area contributed by atoms with Gasteiger partial charge in [0.1, 0.15) is 0 Å². The van der Waals surface area contributed by atoms with Crippen molar-refractivity contribution in [3.63, 3.8) is 0 Å². The molecule has 4 rings (SSSR count). The van der Waals surface area contributed by atoms with Gasteiger partial charge in [-0.2, -0.15) is 0 Å². The van der Waals surface area contributed by atoms with Crippen molar-refractivity contribution in [2.75, 3.05) is 29.7 Å². The summed E-state index contributed by atoms with van der Waals surface area (Å²) in [5.74, 6) is 0.543. The quantitative estimate of drug-likeness (QED) is 0.717. The number of benzene rings is 1. The number of rotatable bonds is 4. The highest BCUT2D eigenvalue weighted by atomic mass is 32.2. The molecule has 2 aliphatic rings. The molecule has 1 unspecified atom stereocenters. The average molecular weight is 418 g/mol. The van der Waals surface area contributed by atoms with Gasteiger partial charge in [0.25, 0.3) is 0 Å². The van der Waals surface area contributed by atoms with Gasteiger partial charge in [-0.25, -0.2) is 13.4 Å². The van der Waals surface area contributed by atoms with Crippen LogP contribution in [0.25, 0.3) is 6.08 Å². The highest BCUT2D eigenvalue weighted by Gasteiger charge is 2.28. The zero-order chi connectivity index (χ0) is 19.6. The van der Waals surface area contributed by atoms with Gasteiger partial charge >= 0.3 is 0 Å². The molecule has 2 aromatic rings. The van der Waals surface area contributed by atoms with Gasteiger partial charge < -0.3 is 4.90 Å². The molecule has 0 N–H and O–H groups in total. The van der Waals surface area contributed by atoms with Crippen LogP contribution in [0.3, 0.4) is 0 Å². The minimum atomic E-state index is -3.17. The molecular formula is C20H23N3O3S2. The minimum Gasteiger partial charge on any atom is -0.338 e. The highest BCUT2D eigenvalue weighted by molar-refractivity contribution is 7.93. The fourth-order valence-corrected chi connectivity index (χ4v) is 6.10. The summed E-state index contributed by atoms with van der Waals surface area (Å²) in [4.78, 5) is 18.9. The van der Waals surface area contributed by atoms with Crippen molar-refractivity contribution in [2.45, 2.75) is 25.2 Å². The van der Waals surface area contributed by atoms with Gasteiger partial charge in [0.2, 0.25) is 15.9 Å². The Bertz CT molecular complexity index is 953. The Balaban J connectivity index is 1.39. The lowest BCUT2D eigenvalue weighted by atomic mass is 9.98. The van der Waals surface area contributed by atoms with Crippen molar-refractivity contribution in [2.24, 2.45) is 0 Å². The van der Waals surface area contributed by atoms with Crippen LogP contribution in [-0.4, -0.2) is 49.6 Å². The van der Waals surface area contributed by atoms with Crippen LogP contribution >= 0.6 is 11.3 Å². The highest BCUT2D eigenvalue weighted by Crippen LogP contribution is 2.28. The molecule has 0 aliphatic carbocycles. The van der Waals surface area contributed by atoms with Gasteiger partial charge in [-0.3, -0.25) is 9.10 Å². The molecule has 0 bridgehead atoms. The molecule has 28 heavy (non-hydrogen) atoms. The molecular weight excluding hydrogens is 394 g/mol. The zero-order valence-corrected chi connectivity index (χ0v) is 17.2. The lowest BCUT2D eigenvalue weighted by Crippen LogP contribution is -2.38. The summed E-state index contributed by atoms with van der Waals surface area (Å²) in [5, 5.41) is 3.08. The van der Waals surface area contributed by atoms with Crippen molar-refractivity contribution < 1.29 is 13.2 Å². The van der Waals surface area contributed by atoms with Crippen LogP contribution in [0.2, 0.25) is 0 Å². The van der Waals surface area contributed by atoms with Crippen molar-refractivity contribution >= 4 is 39.0 Å². The van der Waals surface area contributed by atoms with Gasteiger partial charge in [-0.05, 0) is 43.0 Å². The molecule has 2 aliphatic heterocycles. The SMILES string of the molecule is O=C(/C=C/c1ccc(N2CCCS2(=O)=O)cc1)N1CCCC(c2nccs2)C1. The van der Waals surface area contributed by atoms with E-state index in [1.165, 1.54) is 4.31 Å². The second-order valence-electron chi connectivity index (χ2n) is 7.16. The largest absolute Gasteiger partial charge is 0.338 e. The zero-order valence-electron chi connectivity index (χ0n) is 15.5. The first kappa shape index (κ1) is 19.1. The van der Waals surface area contributed by atoms with Crippen LogP contribution in [-0.2, 0) is 14.8 Å². The lowest BCUT2D eigenvalue weighted by molar-refractivity contribution is -0.127. The predicted octanol–water partition coefficient (Wildman–Crippen LogP) is 3.10. The fraction of sp³-hybridized carbons (Fsp3) is 0.400. The van der Waals surface area contributed by atoms with Gasteiger partial charge in [0, 0.05) is 43.2 Å². The van der Waals surface area contributed by atoms with Gasteiger partial charge in [0.15, 0.2) is 0 Å². The van der Waals surface area contributed by atoms with E-state index in [-0.39, 0.29) is 11.7 Å². The Kier molecular flexibility index (Phi) is 5.50. The molecule has 1 aromatic heterocycles. The third-order valence-electron chi connectivity index (χ3n) is 5.23. The van der Waals surface area contributed by atoms with E-state index in [4.69, 9.17) is 0 Å².